The number of rotatable bonds is 7. The number of unbranched alkanes of at least 4 members (excludes halogenated alkanes) is 1. The minimum absolute atomic E-state index is 0.0766. The SMILES string of the molecule is CCCCc1nc(C)n(-c2cccnc2)c(=O)c1Cc1ccc(-c2ccccc2)c(C#N)c1. The van der Waals surface area contributed by atoms with Crippen LogP contribution in [0.4, 0.5) is 0 Å². The average Bonchev–Trinajstić information content (AvgIpc) is 2.85. The van der Waals surface area contributed by atoms with Gasteiger partial charge in [-0.25, -0.2) is 4.98 Å². The fourth-order valence-electron chi connectivity index (χ4n) is 4.10. The predicted octanol–water partition coefficient (Wildman–Crippen LogP) is 5.41. The smallest absolute Gasteiger partial charge is 0.261 e. The molecule has 5 nitrogen and oxygen atoms in total. The van der Waals surface area contributed by atoms with Crippen molar-refractivity contribution >= 4 is 0 Å². The van der Waals surface area contributed by atoms with Crippen molar-refractivity contribution in [3.8, 4) is 22.9 Å². The highest BCUT2D eigenvalue weighted by Gasteiger charge is 2.17. The molecule has 5 heteroatoms. The molecule has 0 atom stereocenters. The Labute approximate surface area is 194 Å². The Morgan fingerprint density at radius 3 is 2.58 bits per heavy atom. The Bertz CT molecular complexity index is 1350. The van der Waals surface area contributed by atoms with Crippen molar-refractivity contribution in [1.29, 1.82) is 5.26 Å². The van der Waals surface area contributed by atoms with Crippen LogP contribution >= 0.6 is 0 Å². The molecule has 4 aromatic rings. The summed E-state index contributed by atoms with van der Waals surface area (Å²) in [7, 11) is 0. The molecule has 2 aromatic carbocycles. The van der Waals surface area contributed by atoms with Crippen LogP contribution in [0, 0.1) is 18.3 Å². The van der Waals surface area contributed by atoms with Gasteiger partial charge in [0.25, 0.3) is 5.56 Å². The van der Waals surface area contributed by atoms with Crippen molar-refractivity contribution in [2.45, 2.75) is 39.5 Å². The first kappa shape index (κ1) is 22.2. The van der Waals surface area contributed by atoms with Crippen LogP contribution in [0.15, 0.2) is 77.9 Å². The molecule has 0 aliphatic rings. The van der Waals surface area contributed by atoms with Gasteiger partial charge in [0.2, 0.25) is 0 Å². The van der Waals surface area contributed by atoms with Crippen molar-refractivity contribution in [2.75, 3.05) is 0 Å². The molecule has 0 radical (unpaired) electrons. The lowest BCUT2D eigenvalue weighted by molar-refractivity contribution is 0.733. The fraction of sp³-hybridized carbons (Fsp3) is 0.214. The molecule has 2 heterocycles. The summed E-state index contributed by atoms with van der Waals surface area (Å²) in [4.78, 5) is 22.6. The maximum absolute atomic E-state index is 13.7. The predicted molar refractivity (Wildman–Crippen MR) is 130 cm³/mol. The minimum Gasteiger partial charge on any atom is -0.269 e. The van der Waals surface area contributed by atoms with Crippen LogP contribution in [0.3, 0.4) is 0 Å². The van der Waals surface area contributed by atoms with Crippen LogP contribution in [0.5, 0.6) is 0 Å². The zero-order valence-electron chi connectivity index (χ0n) is 19.0. The summed E-state index contributed by atoms with van der Waals surface area (Å²) in [5.74, 6) is 0.653. The molecule has 33 heavy (non-hydrogen) atoms. The van der Waals surface area contributed by atoms with Crippen LogP contribution in [0.2, 0.25) is 0 Å². The molecule has 0 saturated carbocycles. The second-order valence-corrected chi connectivity index (χ2v) is 8.07. The second kappa shape index (κ2) is 10.1. The number of hydrogen-bond acceptors (Lipinski definition) is 4. The normalized spacial score (nSPS) is 10.7. The van der Waals surface area contributed by atoms with Crippen molar-refractivity contribution in [2.24, 2.45) is 0 Å². The van der Waals surface area contributed by atoms with E-state index in [9.17, 15) is 10.1 Å². The van der Waals surface area contributed by atoms with Gasteiger partial charge < -0.3 is 0 Å². The molecule has 0 fully saturated rings. The van der Waals surface area contributed by atoms with Crippen molar-refractivity contribution in [3.63, 3.8) is 0 Å². The lowest BCUT2D eigenvalue weighted by atomic mass is 9.95. The van der Waals surface area contributed by atoms with Gasteiger partial charge in [0, 0.05) is 18.2 Å². The van der Waals surface area contributed by atoms with Gasteiger partial charge in [-0.15, -0.1) is 0 Å². The van der Waals surface area contributed by atoms with E-state index in [-0.39, 0.29) is 5.56 Å². The first-order valence-corrected chi connectivity index (χ1v) is 11.2. The fourth-order valence-corrected chi connectivity index (χ4v) is 4.10. The standard InChI is InChI=1S/C28H26N4O/c1-3-4-12-27-26(28(33)32(20(2)31-27)24-11-8-15-30-19-24)17-21-13-14-25(23(16-21)18-29)22-9-6-5-7-10-22/h5-11,13-16,19H,3-4,12,17H2,1-2H3. The monoisotopic (exact) mass is 434 g/mol. The molecule has 164 valence electrons. The molecule has 0 spiro atoms. The van der Waals surface area contributed by atoms with Crippen molar-refractivity contribution in [3.05, 3.63) is 112 Å². The summed E-state index contributed by atoms with van der Waals surface area (Å²) < 4.78 is 1.63. The number of benzene rings is 2. The Kier molecular flexibility index (Phi) is 6.75. The zero-order valence-corrected chi connectivity index (χ0v) is 19.0. The van der Waals surface area contributed by atoms with E-state index in [0.29, 0.717) is 29.1 Å². The van der Waals surface area contributed by atoms with Gasteiger partial charge in [0.15, 0.2) is 0 Å². The van der Waals surface area contributed by atoms with Gasteiger partial charge in [-0.2, -0.15) is 5.26 Å². The van der Waals surface area contributed by atoms with E-state index in [0.717, 1.165) is 41.6 Å². The van der Waals surface area contributed by atoms with Gasteiger partial charge in [-0.3, -0.25) is 14.3 Å². The van der Waals surface area contributed by atoms with E-state index in [1.807, 2.05) is 67.6 Å². The third kappa shape index (κ3) is 4.75. The molecular formula is C28H26N4O. The summed E-state index contributed by atoms with van der Waals surface area (Å²) >= 11 is 0. The Hall–Kier alpha value is -4.04. The summed E-state index contributed by atoms with van der Waals surface area (Å²) in [5.41, 5.74) is 5.55. The minimum atomic E-state index is -0.0766. The maximum Gasteiger partial charge on any atom is 0.261 e. The lowest BCUT2D eigenvalue weighted by Crippen LogP contribution is -2.28. The highest BCUT2D eigenvalue weighted by atomic mass is 16.1. The Balaban J connectivity index is 1.80. The first-order valence-electron chi connectivity index (χ1n) is 11.2. The first-order chi connectivity index (χ1) is 16.1. The Morgan fingerprint density at radius 1 is 1.06 bits per heavy atom. The van der Waals surface area contributed by atoms with Gasteiger partial charge in [0.1, 0.15) is 5.82 Å². The molecule has 2 aromatic heterocycles. The van der Waals surface area contributed by atoms with E-state index in [4.69, 9.17) is 4.98 Å². The number of nitrogens with zero attached hydrogens (tertiary/aromatic N) is 4. The third-order valence-electron chi connectivity index (χ3n) is 5.77. The summed E-state index contributed by atoms with van der Waals surface area (Å²) in [6.45, 7) is 3.99. The van der Waals surface area contributed by atoms with Gasteiger partial charge in [-0.1, -0.05) is 55.8 Å². The van der Waals surface area contributed by atoms with Gasteiger partial charge >= 0.3 is 0 Å². The molecule has 0 N–H and O–H groups in total. The molecule has 0 aliphatic heterocycles. The number of pyridine rings is 1. The quantitative estimate of drug-likeness (QED) is 0.390. The summed E-state index contributed by atoms with van der Waals surface area (Å²) in [5, 5.41) is 9.79. The van der Waals surface area contributed by atoms with E-state index < -0.39 is 0 Å². The molecule has 0 saturated heterocycles. The van der Waals surface area contributed by atoms with E-state index in [2.05, 4.69) is 18.0 Å². The van der Waals surface area contributed by atoms with Crippen LogP contribution in [0.25, 0.3) is 16.8 Å². The molecule has 0 amide bonds. The van der Waals surface area contributed by atoms with E-state index >= 15 is 0 Å². The second-order valence-electron chi connectivity index (χ2n) is 8.07. The van der Waals surface area contributed by atoms with Crippen LogP contribution in [-0.4, -0.2) is 14.5 Å². The zero-order chi connectivity index (χ0) is 23.2. The molecule has 0 unspecified atom stereocenters. The molecule has 0 aliphatic carbocycles. The number of aryl methyl sites for hydroxylation is 2. The lowest BCUT2D eigenvalue weighted by Gasteiger charge is -2.16. The topological polar surface area (TPSA) is 71.6 Å². The molecule has 4 rings (SSSR count). The highest BCUT2D eigenvalue weighted by Crippen LogP contribution is 2.25. The largest absolute Gasteiger partial charge is 0.269 e. The summed E-state index contributed by atoms with van der Waals surface area (Å²) in [6.07, 6.45) is 6.53. The highest BCUT2D eigenvalue weighted by molar-refractivity contribution is 5.71. The van der Waals surface area contributed by atoms with Crippen LogP contribution < -0.4 is 5.56 Å². The maximum atomic E-state index is 13.7. The third-order valence-corrected chi connectivity index (χ3v) is 5.77. The Morgan fingerprint density at radius 2 is 1.88 bits per heavy atom. The van der Waals surface area contributed by atoms with Crippen LogP contribution in [0.1, 0.15) is 48.0 Å². The summed E-state index contributed by atoms with van der Waals surface area (Å²) in [6, 6.07) is 21.7. The van der Waals surface area contributed by atoms with Gasteiger partial charge in [-0.05, 0) is 54.7 Å². The van der Waals surface area contributed by atoms with E-state index in [1.54, 1.807) is 17.0 Å². The number of nitriles is 1. The van der Waals surface area contributed by atoms with Crippen molar-refractivity contribution in [1.82, 2.24) is 14.5 Å². The number of hydrogen-bond donors (Lipinski definition) is 0. The van der Waals surface area contributed by atoms with E-state index in [1.165, 1.54) is 0 Å². The van der Waals surface area contributed by atoms with Crippen molar-refractivity contribution < 1.29 is 0 Å². The average molecular weight is 435 g/mol. The van der Waals surface area contributed by atoms with Gasteiger partial charge in [0.05, 0.1) is 29.2 Å². The molecular weight excluding hydrogens is 408 g/mol. The number of aromatic nitrogens is 3. The molecule has 0 bridgehead atoms. The van der Waals surface area contributed by atoms with Crippen LogP contribution in [-0.2, 0) is 12.8 Å².